The zero-order valence-electron chi connectivity index (χ0n) is 13.9. The number of anilines is 1. The number of amides is 1. The molecule has 3 aromatic rings. The van der Waals surface area contributed by atoms with E-state index in [1.54, 1.807) is 24.3 Å². The summed E-state index contributed by atoms with van der Waals surface area (Å²) < 4.78 is 18.8. The summed E-state index contributed by atoms with van der Waals surface area (Å²) in [6, 6.07) is 15.0. The maximum Gasteiger partial charge on any atom is 0.259 e. The molecule has 0 saturated heterocycles. The SMILES string of the molecule is O=C(Nc1ccc(OCc2cccc(F)c2)c(Cl)c1)c1ccc(Cl)cc1O. The van der Waals surface area contributed by atoms with E-state index in [9.17, 15) is 14.3 Å². The molecule has 3 aromatic carbocycles. The normalized spacial score (nSPS) is 10.5. The summed E-state index contributed by atoms with van der Waals surface area (Å²) in [6.07, 6.45) is 0. The van der Waals surface area contributed by atoms with Crippen molar-refractivity contribution in [2.45, 2.75) is 6.61 Å². The van der Waals surface area contributed by atoms with E-state index in [-0.39, 0.29) is 28.8 Å². The maximum absolute atomic E-state index is 13.2. The summed E-state index contributed by atoms with van der Waals surface area (Å²) in [7, 11) is 0. The highest BCUT2D eigenvalue weighted by Gasteiger charge is 2.13. The molecule has 0 saturated carbocycles. The first kappa shape index (κ1) is 19.0. The number of phenols is 1. The van der Waals surface area contributed by atoms with Gasteiger partial charge in [-0.05, 0) is 54.1 Å². The molecule has 0 unspecified atom stereocenters. The van der Waals surface area contributed by atoms with Gasteiger partial charge in [0, 0.05) is 10.7 Å². The van der Waals surface area contributed by atoms with Crippen LogP contribution < -0.4 is 10.1 Å². The Labute approximate surface area is 165 Å². The molecule has 0 atom stereocenters. The van der Waals surface area contributed by atoms with Gasteiger partial charge in [-0.15, -0.1) is 0 Å². The first-order valence-corrected chi connectivity index (χ1v) is 8.64. The number of hydrogen-bond acceptors (Lipinski definition) is 3. The van der Waals surface area contributed by atoms with Crippen molar-refractivity contribution in [1.29, 1.82) is 0 Å². The smallest absolute Gasteiger partial charge is 0.259 e. The third kappa shape index (κ3) is 4.90. The number of carbonyl (C=O) groups is 1. The van der Waals surface area contributed by atoms with E-state index in [2.05, 4.69) is 5.32 Å². The second kappa shape index (κ2) is 8.29. The van der Waals surface area contributed by atoms with Crippen LogP contribution in [0.15, 0.2) is 60.7 Å². The molecule has 0 aromatic heterocycles. The molecule has 0 bridgehead atoms. The average Bonchev–Trinajstić information content (AvgIpc) is 2.61. The van der Waals surface area contributed by atoms with Gasteiger partial charge in [-0.3, -0.25) is 4.79 Å². The molecule has 0 aliphatic rings. The van der Waals surface area contributed by atoms with E-state index >= 15 is 0 Å². The van der Waals surface area contributed by atoms with E-state index < -0.39 is 5.91 Å². The Hall–Kier alpha value is -2.76. The first-order valence-electron chi connectivity index (χ1n) is 7.89. The van der Waals surface area contributed by atoms with Gasteiger partial charge in [-0.25, -0.2) is 4.39 Å². The van der Waals surface area contributed by atoms with Crippen LogP contribution in [0.5, 0.6) is 11.5 Å². The molecule has 1 amide bonds. The number of benzene rings is 3. The van der Waals surface area contributed by atoms with Gasteiger partial charge in [0.05, 0.1) is 10.6 Å². The first-order chi connectivity index (χ1) is 12.9. The molecule has 0 aliphatic heterocycles. The lowest BCUT2D eigenvalue weighted by Crippen LogP contribution is -2.12. The molecule has 27 heavy (non-hydrogen) atoms. The summed E-state index contributed by atoms with van der Waals surface area (Å²) >= 11 is 11.9. The lowest BCUT2D eigenvalue weighted by Gasteiger charge is -2.11. The number of halogens is 3. The van der Waals surface area contributed by atoms with Gasteiger partial charge >= 0.3 is 0 Å². The van der Waals surface area contributed by atoms with Gasteiger partial charge in [0.25, 0.3) is 5.91 Å². The van der Waals surface area contributed by atoms with Gasteiger partial charge in [0.2, 0.25) is 0 Å². The number of rotatable bonds is 5. The van der Waals surface area contributed by atoms with Crippen molar-refractivity contribution in [1.82, 2.24) is 0 Å². The summed E-state index contributed by atoms with van der Waals surface area (Å²) in [5.41, 5.74) is 1.18. The molecule has 0 heterocycles. The maximum atomic E-state index is 13.2. The minimum atomic E-state index is -0.506. The molecule has 4 nitrogen and oxygen atoms in total. The molecular weight excluding hydrogens is 392 g/mol. The molecule has 2 N–H and O–H groups in total. The van der Waals surface area contributed by atoms with Gasteiger partial charge in [0.15, 0.2) is 0 Å². The van der Waals surface area contributed by atoms with Crippen LogP contribution in [0.4, 0.5) is 10.1 Å². The fraction of sp³-hybridized carbons (Fsp3) is 0.0500. The summed E-state index contributed by atoms with van der Waals surface area (Å²) in [5.74, 6) is -0.672. The standard InChI is InChI=1S/C20H14Cl2FNO3/c21-13-4-6-16(18(25)9-13)20(26)24-15-5-7-19(17(22)10-15)27-11-12-2-1-3-14(23)8-12/h1-10,25H,11H2,(H,24,26). The number of hydrogen-bond donors (Lipinski definition) is 2. The van der Waals surface area contributed by atoms with Crippen molar-refractivity contribution in [2.75, 3.05) is 5.32 Å². The summed E-state index contributed by atoms with van der Waals surface area (Å²) in [5, 5.41) is 13.1. The molecule has 0 fully saturated rings. The lowest BCUT2D eigenvalue weighted by atomic mass is 10.2. The number of phenolic OH excluding ortho intramolecular Hbond substituents is 1. The Morgan fingerprint density at radius 3 is 2.59 bits per heavy atom. The van der Waals surface area contributed by atoms with E-state index in [0.29, 0.717) is 22.0 Å². The van der Waals surface area contributed by atoms with Crippen LogP contribution in [-0.2, 0) is 6.61 Å². The van der Waals surface area contributed by atoms with Crippen molar-refractivity contribution >= 4 is 34.8 Å². The third-order valence-corrected chi connectivity index (χ3v) is 4.21. The van der Waals surface area contributed by atoms with Crippen LogP contribution in [0.2, 0.25) is 10.0 Å². The van der Waals surface area contributed by atoms with Crippen molar-refractivity contribution in [3.8, 4) is 11.5 Å². The van der Waals surface area contributed by atoms with Crippen LogP contribution in [0.3, 0.4) is 0 Å². The lowest BCUT2D eigenvalue weighted by molar-refractivity contribution is 0.102. The molecular formula is C20H14Cl2FNO3. The number of ether oxygens (including phenoxy) is 1. The summed E-state index contributed by atoms with van der Waals surface area (Å²) in [6.45, 7) is 0.155. The molecule has 3 rings (SSSR count). The van der Waals surface area contributed by atoms with Crippen molar-refractivity contribution < 1.29 is 19.0 Å². The van der Waals surface area contributed by atoms with E-state index in [1.807, 2.05) is 0 Å². The van der Waals surface area contributed by atoms with Gasteiger partial charge in [-0.1, -0.05) is 35.3 Å². The quantitative estimate of drug-likeness (QED) is 0.574. The largest absolute Gasteiger partial charge is 0.507 e. The molecule has 0 aliphatic carbocycles. The Kier molecular flexibility index (Phi) is 5.84. The third-order valence-electron chi connectivity index (χ3n) is 3.68. The Morgan fingerprint density at radius 1 is 1.07 bits per heavy atom. The predicted octanol–water partition coefficient (Wildman–Crippen LogP) is 5.67. The fourth-order valence-electron chi connectivity index (χ4n) is 2.38. The van der Waals surface area contributed by atoms with Crippen molar-refractivity contribution in [2.24, 2.45) is 0 Å². The number of carbonyl (C=O) groups excluding carboxylic acids is 1. The van der Waals surface area contributed by atoms with E-state index in [0.717, 1.165) is 0 Å². The highest BCUT2D eigenvalue weighted by molar-refractivity contribution is 6.32. The van der Waals surface area contributed by atoms with E-state index in [1.165, 1.54) is 36.4 Å². The van der Waals surface area contributed by atoms with Gasteiger partial charge in [0.1, 0.15) is 23.9 Å². The average molecular weight is 406 g/mol. The minimum absolute atomic E-state index is 0.0851. The summed E-state index contributed by atoms with van der Waals surface area (Å²) in [4.78, 5) is 12.3. The van der Waals surface area contributed by atoms with Gasteiger partial charge in [-0.2, -0.15) is 0 Å². The highest BCUT2D eigenvalue weighted by Crippen LogP contribution is 2.29. The van der Waals surface area contributed by atoms with Crippen molar-refractivity contribution in [3.05, 3.63) is 87.7 Å². The molecule has 138 valence electrons. The zero-order valence-corrected chi connectivity index (χ0v) is 15.4. The predicted molar refractivity (Wildman–Crippen MR) is 103 cm³/mol. The van der Waals surface area contributed by atoms with Gasteiger partial charge < -0.3 is 15.2 Å². The van der Waals surface area contributed by atoms with E-state index in [4.69, 9.17) is 27.9 Å². The second-order valence-electron chi connectivity index (χ2n) is 5.68. The monoisotopic (exact) mass is 405 g/mol. The van der Waals surface area contributed by atoms with Crippen LogP contribution in [-0.4, -0.2) is 11.0 Å². The fourth-order valence-corrected chi connectivity index (χ4v) is 2.78. The Morgan fingerprint density at radius 2 is 1.89 bits per heavy atom. The topological polar surface area (TPSA) is 58.6 Å². The second-order valence-corrected chi connectivity index (χ2v) is 6.52. The Bertz CT molecular complexity index is 995. The molecule has 0 spiro atoms. The number of aromatic hydroxyl groups is 1. The molecule has 7 heteroatoms. The van der Waals surface area contributed by atoms with Crippen molar-refractivity contribution in [3.63, 3.8) is 0 Å². The number of nitrogens with one attached hydrogen (secondary N) is 1. The van der Waals surface area contributed by atoms with Crippen LogP contribution in [0, 0.1) is 5.82 Å². The minimum Gasteiger partial charge on any atom is -0.507 e. The van der Waals surface area contributed by atoms with Crippen LogP contribution >= 0.6 is 23.2 Å². The zero-order chi connectivity index (χ0) is 19.4. The van der Waals surface area contributed by atoms with Crippen LogP contribution in [0.1, 0.15) is 15.9 Å². The molecule has 0 radical (unpaired) electrons. The van der Waals surface area contributed by atoms with Crippen LogP contribution in [0.25, 0.3) is 0 Å². The Balaban J connectivity index is 1.68. The highest BCUT2D eigenvalue weighted by atomic mass is 35.5.